The molecule has 1 fully saturated rings. The van der Waals surface area contributed by atoms with Gasteiger partial charge < -0.3 is 25.4 Å². The van der Waals surface area contributed by atoms with Crippen molar-refractivity contribution in [3.63, 3.8) is 0 Å². The van der Waals surface area contributed by atoms with Crippen molar-refractivity contribution in [3.05, 3.63) is 41.8 Å². The molecule has 1 aromatic carbocycles. The van der Waals surface area contributed by atoms with Crippen LogP contribution in [0, 0.1) is 11.2 Å². The van der Waals surface area contributed by atoms with Crippen LogP contribution in [0.1, 0.15) is 45.2 Å². The molecule has 0 radical (unpaired) electrons. The molecule has 1 aromatic heterocycles. The largest absolute Gasteiger partial charge is 0.382 e. The van der Waals surface area contributed by atoms with Crippen LogP contribution in [-0.4, -0.2) is 72.1 Å². The first kappa shape index (κ1) is 27.8. The number of nitrogens with two attached hydrogens (primary N) is 1. The number of ether oxygens (including phenoxy) is 2. The summed E-state index contributed by atoms with van der Waals surface area (Å²) in [7, 11) is 3.27. The van der Waals surface area contributed by atoms with Gasteiger partial charge in [0.2, 0.25) is 11.8 Å². The van der Waals surface area contributed by atoms with Crippen LogP contribution in [0.25, 0.3) is 11.3 Å². The molecule has 1 aliphatic rings. The van der Waals surface area contributed by atoms with Gasteiger partial charge in [-0.05, 0) is 23.8 Å². The monoisotopic (exact) mass is 503 g/mol. The molecular formula is C26H38FN5O4. The van der Waals surface area contributed by atoms with Crippen LogP contribution < -0.4 is 11.1 Å². The van der Waals surface area contributed by atoms with Gasteiger partial charge >= 0.3 is 0 Å². The van der Waals surface area contributed by atoms with Crippen molar-refractivity contribution < 1.29 is 23.5 Å². The van der Waals surface area contributed by atoms with Gasteiger partial charge in [0.15, 0.2) is 5.82 Å². The van der Waals surface area contributed by atoms with Gasteiger partial charge in [-0.1, -0.05) is 45.0 Å². The molecule has 0 saturated carbocycles. The maximum absolute atomic E-state index is 14.2. The lowest BCUT2D eigenvalue weighted by atomic mass is 9.86. The zero-order chi connectivity index (χ0) is 26.5. The van der Waals surface area contributed by atoms with Crippen LogP contribution in [0.2, 0.25) is 0 Å². The number of aryl methyl sites for hydroxylation is 1. The molecule has 2 amide bonds. The number of benzene rings is 1. The number of halogens is 1. The predicted octanol–water partition coefficient (Wildman–Crippen LogP) is 2.41. The Morgan fingerprint density at radius 2 is 1.94 bits per heavy atom. The number of carbonyl (C=O) groups is 2. The van der Waals surface area contributed by atoms with Gasteiger partial charge in [-0.3, -0.25) is 14.3 Å². The molecule has 3 unspecified atom stereocenters. The van der Waals surface area contributed by atoms with E-state index in [1.54, 1.807) is 31.2 Å². The van der Waals surface area contributed by atoms with Gasteiger partial charge in [0.05, 0.1) is 38.1 Å². The summed E-state index contributed by atoms with van der Waals surface area (Å²) in [6, 6.07) is 5.50. The highest BCUT2D eigenvalue weighted by molar-refractivity contribution is 5.90. The molecule has 3 rings (SSSR count). The molecule has 0 bridgehead atoms. The van der Waals surface area contributed by atoms with Crippen molar-refractivity contribution in [1.82, 2.24) is 20.0 Å². The molecule has 36 heavy (non-hydrogen) atoms. The number of hydrogen-bond donors (Lipinski definition) is 2. The van der Waals surface area contributed by atoms with Crippen molar-refractivity contribution in [2.45, 2.75) is 51.7 Å². The Morgan fingerprint density at radius 3 is 2.53 bits per heavy atom. The molecule has 0 aliphatic carbocycles. The SMILES string of the molecule is COCCOCC(NC(=O)C1CCCN1C(=O)C(N)C(C)(C)C)c1ccc(-c2c(F)cnn2C)cc1. The molecule has 3 N–H and O–H groups in total. The highest BCUT2D eigenvalue weighted by Gasteiger charge is 2.40. The van der Waals surface area contributed by atoms with Crippen molar-refractivity contribution in [1.29, 1.82) is 0 Å². The number of aromatic nitrogens is 2. The van der Waals surface area contributed by atoms with Gasteiger partial charge in [0, 0.05) is 26.3 Å². The maximum atomic E-state index is 14.2. The normalized spacial score (nSPS) is 17.8. The van der Waals surface area contributed by atoms with Gasteiger partial charge in [0.25, 0.3) is 0 Å². The number of amides is 2. The van der Waals surface area contributed by atoms with Crippen LogP contribution >= 0.6 is 0 Å². The number of carbonyl (C=O) groups excluding carboxylic acids is 2. The zero-order valence-corrected chi connectivity index (χ0v) is 21.8. The smallest absolute Gasteiger partial charge is 0.243 e. The Kier molecular flexibility index (Phi) is 9.21. The fraction of sp³-hybridized carbons (Fsp3) is 0.577. The third-order valence-corrected chi connectivity index (χ3v) is 6.55. The average Bonchev–Trinajstić information content (AvgIpc) is 3.46. The van der Waals surface area contributed by atoms with Crippen LogP contribution in [0.15, 0.2) is 30.5 Å². The Balaban J connectivity index is 1.77. The van der Waals surface area contributed by atoms with E-state index in [1.165, 1.54) is 10.9 Å². The standard InChI is InChI=1S/C26H38FN5O4/c1-26(2,3)23(28)25(34)32-12-6-7-21(32)24(33)30-20(16-36-14-13-35-5)17-8-10-18(11-9-17)22-19(27)15-29-31(22)4/h8-11,15,20-21,23H,6-7,12-14,16,28H2,1-5H3,(H,30,33). The second-order valence-electron chi connectivity index (χ2n) is 10.2. The van der Waals surface area contributed by atoms with Gasteiger partial charge in [0.1, 0.15) is 11.7 Å². The topological polar surface area (TPSA) is 112 Å². The zero-order valence-electron chi connectivity index (χ0n) is 21.8. The maximum Gasteiger partial charge on any atom is 0.243 e. The number of nitrogens with zero attached hydrogens (tertiary/aromatic N) is 3. The highest BCUT2D eigenvalue weighted by atomic mass is 19.1. The van der Waals surface area contributed by atoms with Crippen molar-refractivity contribution in [2.75, 3.05) is 33.5 Å². The summed E-state index contributed by atoms with van der Waals surface area (Å²) in [6.07, 6.45) is 2.49. The van der Waals surface area contributed by atoms with Gasteiger partial charge in [-0.15, -0.1) is 0 Å². The number of nitrogens with one attached hydrogen (secondary N) is 1. The molecule has 3 atom stereocenters. The Morgan fingerprint density at radius 1 is 1.25 bits per heavy atom. The number of likely N-dealkylation sites (tertiary alicyclic amines) is 1. The fourth-order valence-electron chi connectivity index (χ4n) is 4.29. The van der Waals surface area contributed by atoms with E-state index < -0.39 is 29.4 Å². The summed E-state index contributed by atoms with van der Waals surface area (Å²) >= 11 is 0. The summed E-state index contributed by atoms with van der Waals surface area (Å²) in [5.74, 6) is -0.864. The quantitative estimate of drug-likeness (QED) is 0.482. The van der Waals surface area contributed by atoms with Gasteiger partial charge in [-0.2, -0.15) is 5.10 Å². The van der Waals surface area contributed by atoms with Crippen molar-refractivity contribution in [2.24, 2.45) is 18.2 Å². The molecular weight excluding hydrogens is 465 g/mol. The van der Waals surface area contributed by atoms with E-state index >= 15 is 0 Å². The van der Waals surface area contributed by atoms with Crippen LogP contribution in [0.5, 0.6) is 0 Å². The van der Waals surface area contributed by atoms with E-state index in [0.29, 0.717) is 37.4 Å². The molecule has 0 spiro atoms. The summed E-state index contributed by atoms with van der Waals surface area (Å²) < 4.78 is 26.4. The molecule has 9 nitrogen and oxygen atoms in total. The van der Waals surface area contributed by atoms with E-state index in [9.17, 15) is 14.0 Å². The minimum absolute atomic E-state index is 0.212. The number of hydrogen-bond acceptors (Lipinski definition) is 6. The van der Waals surface area contributed by atoms with Crippen LogP contribution in [-0.2, 0) is 26.1 Å². The lowest BCUT2D eigenvalue weighted by Crippen LogP contribution is -2.55. The fourth-order valence-corrected chi connectivity index (χ4v) is 4.29. The molecule has 198 valence electrons. The van der Waals surface area contributed by atoms with E-state index in [4.69, 9.17) is 15.2 Å². The second-order valence-corrected chi connectivity index (χ2v) is 10.2. The van der Waals surface area contributed by atoms with Crippen LogP contribution in [0.4, 0.5) is 4.39 Å². The third-order valence-electron chi connectivity index (χ3n) is 6.55. The molecule has 2 heterocycles. The molecule has 1 aliphatic heterocycles. The summed E-state index contributed by atoms with van der Waals surface area (Å²) in [4.78, 5) is 28.0. The first-order valence-electron chi connectivity index (χ1n) is 12.3. The summed E-state index contributed by atoms with van der Waals surface area (Å²) in [5.41, 5.74) is 7.66. The van der Waals surface area contributed by atoms with E-state index in [2.05, 4.69) is 10.4 Å². The lowest BCUT2D eigenvalue weighted by molar-refractivity contribution is -0.141. The minimum Gasteiger partial charge on any atom is -0.382 e. The average molecular weight is 504 g/mol. The first-order chi connectivity index (χ1) is 17.0. The minimum atomic E-state index is -0.695. The van der Waals surface area contributed by atoms with E-state index in [-0.39, 0.29) is 18.4 Å². The number of methoxy groups -OCH3 is 1. The Hall–Kier alpha value is -2.82. The van der Waals surface area contributed by atoms with E-state index in [0.717, 1.165) is 12.0 Å². The molecule has 1 saturated heterocycles. The van der Waals surface area contributed by atoms with Crippen molar-refractivity contribution >= 4 is 11.8 Å². The summed E-state index contributed by atoms with van der Waals surface area (Å²) in [5, 5.41) is 7.01. The highest BCUT2D eigenvalue weighted by Crippen LogP contribution is 2.27. The Bertz CT molecular complexity index is 1010. The Labute approximate surface area is 212 Å². The lowest BCUT2D eigenvalue weighted by Gasteiger charge is -2.33. The first-order valence-corrected chi connectivity index (χ1v) is 12.3. The number of rotatable bonds is 10. The third kappa shape index (κ3) is 6.48. The second kappa shape index (κ2) is 11.9. The molecule has 10 heteroatoms. The van der Waals surface area contributed by atoms with Crippen molar-refractivity contribution in [3.8, 4) is 11.3 Å². The van der Waals surface area contributed by atoms with Crippen LogP contribution in [0.3, 0.4) is 0 Å². The summed E-state index contributed by atoms with van der Waals surface area (Å²) in [6.45, 7) is 7.25. The predicted molar refractivity (Wildman–Crippen MR) is 134 cm³/mol. The molecule has 2 aromatic rings. The van der Waals surface area contributed by atoms with Gasteiger partial charge in [-0.25, -0.2) is 4.39 Å². The van der Waals surface area contributed by atoms with E-state index in [1.807, 2.05) is 32.9 Å².